The Morgan fingerprint density at radius 3 is 2.52 bits per heavy atom. The fourth-order valence-electron chi connectivity index (χ4n) is 3.97. The van der Waals surface area contributed by atoms with Crippen LogP contribution in [-0.2, 0) is 16.6 Å². The van der Waals surface area contributed by atoms with E-state index in [0.29, 0.717) is 11.1 Å². The van der Waals surface area contributed by atoms with Crippen LogP contribution in [0.3, 0.4) is 0 Å². The third kappa shape index (κ3) is 2.18. The fourth-order valence-corrected chi connectivity index (χ4v) is 3.97. The number of nitrogens with one attached hydrogen (secondary N) is 2. The summed E-state index contributed by atoms with van der Waals surface area (Å²) in [7, 11) is 1.94. The Bertz CT molecular complexity index is 1300. The number of hydrogen-bond donors (Lipinski definition) is 2. The van der Waals surface area contributed by atoms with Crippen LogP contribution in [0.15, 0.2) is 54.9 Å². The molecule has 0 radical (unpaired) electrons. The van der Waals surface area contributed by atoms with Crippen molar-refractivity contribution in [1.29, 1.82) is 0 Å². The molecule has 5 rings (SSSR count). The molecular weight excluding hydrogens is 338 g/mol. The lowest BCUT2D eigenvalue weighted by atomic mass is 9.94. The molecule has 27 heavy (non-hydrogen) atoms. The van der Waals surface area contributed by atoms with Gasteiger partial charge in [0.1, 0.15) is 0 Å². The van der Waals surface area contributed by atoms with E-state index in [4.69, 9.17) is 0 Å². The van der Waals surface area contributed by atoms with Crippen molar-refractivity contribution in [2.24, 2.45) is 7.05 Å². The summed E-state index contributed by atoms with van der Waals surface area (Å²) in [5, 5.41) is 4.44. The highest BCUT2D eigenvalue weighted by Gasteiger charge is 2.34. The van der Waals surface area contributed by atoms with Crippen LogP contribution in [0.5, 0.6) is 0 Å². The first-order valence-electron chi connectivity index (χ1n) is 8.77. The highest BCUT2D eigenvalue weighted by molar-refractivity contribution is 6.50. The van der Waals surface area contributed by atoms with Crippen LogP contribution >= 0.6 is 0 Å². The van der Waals surface area contributed by atoms with Gasteiger partial charge in [-0.2, -0.15) is 0 Å². The summed E-state index contributed by atoms with van der Waals surface area (Å²) in [6.45, 7) is 2.02. The molecular formula is C22H17N3O2. The Kier molecular flexibility index (Phi) is 3.15. The van der Waals surface area contributed by atoms with E-state index in [1.54, 1.807) is 0 Å². The minimum atomic E-state index is -0.359. The summed E-state index contributed by atoms with van der Waals surface area (Å²) in [4.78, 5) is 28.7. The van der Waals surface area contributed by atoms with Gasteiger partial charge in [-0.05, 0) is 24.6 Å². The van der Waals surface area contributed by atoms with Gasteiger partial charge < -0.3 is 9.55 Å². The van der Waals surface area contributed by atoms with Gasteiger partial charge in [0, 0.05) is 46.9 Å². The van der Waals surface area contributed by atoms with Gasteiger partial charge in [0.2, 0.25) is 0 Å². The first-order chi connectivity index (χ1) is 13.0. The van der Waals surface area contributed by atoms with Crippen LogP contribution in [0.2, 0.25) is 0 Å². The predicted octanol–water partition coefficient (Wildman–Crippen LogP) is 3.54. The zero-order valence-corrected chi connectivity index (χ0v) is 15.0. The molecule has 2 aromatic heterocycles. The van der Waals surface area contributed by atoms with E-state index >= 15 is 0 Å². The maximum absolute atomic E-state index is 12.7. The van der Waals surface area contributed by atoms with Crippen molar-refractivity contribution in [3.05, 3.63) is 71.5 Å². The largest absolute Gasteiger partial charge is 0.361 e. The maximum Gasteiger partial charge on any atom is 0.259 e. The number of nitrogens with zero attached hydrogens (tertiary/aromatic N) is 1. The van der Waals surface area contributed by atoms with Crippen molar-refractivity contribution in [3.63, 3.8) is 0 Å². The molecule has 0 saturated carbocycles. The van der Waals surface area contributed by atoms with E-state index in [0.717, 1.165) is 38.5 Å². The number of aromatic amines is 1. The first-order valence-corrected chi connectivity index (χ1v) is 8.77. The quantitative estimate of drug-likeness (QED) is 0.540. The molecule has 4 aromatic rings. The zero-order valence-electron chi connectivity index (χ0n) is 15.0. The number of hydrogen-bond acceptors (Lipinski definition) is 2. The number of para-hydroxylation sites is 1. The second kappa shape index (κ2) is 5.45. The van der Waals surface area contributed by atoms with Gasteiger partial charge >= 0.3 is 0 Å². The Hall–Kier alpha value is -3.60. The Morgan fingerprint density at radius 2 is 1.70 bits per heavy atom. The average Bonchev–Trinajstić information content (AvgIpc) is 3.30. The van der Waals surface area contributed by atoms with Crippen molar-refractivity contribution in [1.82, 2.24) is 14.9 Å². The molecule has 132 valence electrons. The van der Waals surface area contributed by atoms with Gasteiger partial charge in [0.05, 0.1) is 16.7 Å². The number of carbonyl (C=O) groups is 2. The molecule has 0 aliphatic carbocycles. The van der Waals surface area contributed by atoms with Crippen molar-refractivity contribution >= 4 is 44.8 Å². The molecule has 5 heteroatoms. The lowest BCUT2D eigenvalue weighted by molar-refractivity contribution is -0.122. The number of aromatic nitrogens is 2. The number of imide groups is 1. The van der Waals surface area contributed by atoms with E-state index < -0.39 is 0 Å². The molecule has 0 saturated heterocycles. The molecule has 2 N–H and O–H groups in total. The second-order valence-corrected chi connectivity index (χ2v) is 6.95. The molecule has 0 spiro atoms. The molecule has 5 nitrogen and oxygen atoms in total. The molecule has 0 bridgehead atoms. The summed E-state index contributed by atoms with van der Waals surface area (Å²) >= 11 is 0. The standard InChI is InChI=1S/C22H17N3O2/c1-12-6-7-14-16(11-23-17(14)10-12)19-18(21(26)24-22(19)27)15-5-3-4-13-8-9-25(2)20(13)15/h3-11,23H,1-2H3,(H,24,26,27). The average molecular weight is 355 g/mol. The van der Waals surface area contributed by atoms with E-state index in [9.17, 15) is 9.59 Å². The van der Waals surface area contributed by atoms with Crippen LogP contribution < -0.4 is 5.32 Å². The summed E-state index contributed by atoms with van der Waals surface area (Å²) in [6, 6.07) is 13.8. The monoisotopic (exact) mass is 355 g/mol. The van der Waals surface area contributed by atoms with Crippen molar-refractivity contribution in [2.45, 2.75) is 6.92 Å². The molecule has 1 aliphatic heterocycles. The number of aryl methyl sites for hydroxylation is 2. The first kappa shape index (κ1) is 15.6. The van der Waals surface area contributed by atoms with Gasteiger partial charge in [0.25, 0.3) is 11.8 Å². The molecule has 1 aliphatic rings. The highest BCUT2D eigenvalue weighted by Crippen LogP contribution is 2.37. The van der Waals surface area contributed by atoms with Crippen LogP contribution in [0, 0.1) is 6.92 Å². The van der Waals surface area contributed by atoms with E-state index in [1.165, 1.54) is 0 Å². The number of H-pyrrole nitrogens is 1. The van der Waals surface area contributed by atoms with Crippen molar-refractivity contribution in [2.75, 3.05) is 0 Å². The highest BCUT2D eigenvalue weighted by atomic mass is 16.2. The smallest absolute Gasteiger partial charge is 0.259 e. The summed E-state index contributed by atoms with van der Waals surface area (Å²) in [6.07, 6.45) is 3.76. The maximum atomic E-state index is 12.7. The van der Waals surface area contributed by atoms with Crippen molar-refractivity contribution in [3.8, 4) is 0 Å². The Labute approximate surface area is 155 Å². The molecule has 0 atom stereocenters. The molecule has 0 fully saturated rings. The van der Waals surface area contributed by atoms with Gasteiger partial charge in [-0.1, -0.05) is 30.3 Å². The molecule has 2 aromatic carbocycles. The van der Waals surface area contributed by atoms with Crippen LogP contribution in [0.4, 0.5) is 0 Å². The molecule has 3 heterocycles. The minimum Gasteiger partial charge on any atom is -0.361 e. The molecule has 2 amide bonds. The van der Waals surface area contributed by atoms with Gasteiger partial charge in [0.15, 0.2) is 0 Å². The number of rotatable bonds is 2. The zero-order chi connectivity index (χ0) is 18.7. The van der Waals surface area contributed by atoms with Gasteiger partial charge in [-0.3, -0.25) is 14.9 Å². The van der Waals surface area contributed by atoms with Crippen molar-refractivity contribution < 1.29 is 9.59 Å². The minimum absolute atomic E-state index is 0.356. The number of fused-ring (bicyclic) bond motifs is 2. The summed E-state index contributed by atoms with van der Waals surface area (Å²) in [5.41, 5.74) is 5.37. The lowest BCUT2D eigenvalue weighted by Gasteiger charge is -2.08. The van der Waals surface area contributed by atoms with E-state index in [1.807, 2.05) is 73.4 Å². The second-order valence-electron chi connectivity index (χ2n) is 6.95. The lowest BCUT2D eigenvalue weighted by Crippen LogP contribution is -2.22. The van der Waals surface area contributed by atoms with E-state index in [2.05, 4.69) is 10.3 Å². The SMILES string of the molecule is Cc1ccc2c(C3=C(c4cccc5ccn(C)c45)C(=O)NC3=O)c[nH]c2c1. The fraction of sp³-hybridized carbons (Fsp3) is 0.0909. The number of carbonyl (C=O) groups excluding carboxylic acids is 2. The molecule has 0 unspecified atom stereocenters. The third-order valence-corrected chi connectivity index (χ3v) is 5.20. The number of amides is 2. The summed E-state index contributed by atoms with van der Waals surface area (Å²) in [5.74, 6) is -0.715. The van der Waals surface area contributed by atoms with Gasteiger partial charge in [-0.15, -0.1) is 0 Å². The normalized spacial score (nSPS) is 14.6. The van der Waals surface area contributed by atoms with Crippen LogP contribution in [0.25, 0.3) is 33.0 Å². The Morgan fingerprint density at radius 1 is 0.926 bits per heavy atom. The van der Waals surface area contributed by atoms with E-state index in [-0.39, 0.29) is 11.8 Å². The van der Waals surface area contributed by atoms with Crippen LogP contribution in [-0.4, -0.2) is 21.4 Å². The van der Waals surface area contributed by atoms with Gasteiger partial charge in [-0.25, -0.2) is 0 Å². The number of benzene rings is 2. The third-order valence-electron chi connectivity index (χ3n) is 5.20. The summed E-state index contributed by atoms with van der Waals surface area (Å²) < 4.78 is 1.98. The predicted molar refractivity (Wildman–Crippen MR) is 106 cm³/mol. The Balaban J connectivity index is 1.86. The van der Waals surface area contributed by atoms with Crippen LogP contribution in [0.1, 0.15) is 16.7 Å². The topological polar surface area (TPSA) is 66.9 Å².